The molecular weight excluding hydrogens is 304 g/mol. The van der Waals surface area contributed by atoms with Gasteiger partial charge in [0, 0.05) is 5.92 Å². The first kappa shape index (κ1) is 18.1. The van der Waals surface area contributed by atoms with Crippen molar-refractivity contribution in [2.75, 3.05) is 0 Å². The Labute approximate surface area is 145 Å². The maximum atomic E-state index is 11.2. The number of ether oxygens (including phenoxy) is 1. The van der Waals surface area contributed by atoms with Crippen molar-refractivity contribution in [1.29, 1.82) is 0 Å². The molecule has 2 heterocycles. The lowest BCUT2D eigenvalue weighted by Gasteiger charge is -2.44. The van der Waals surface area contributed by atoms with Crippen LogP contribution in [-0.4, -0.2) is 34.3 Å². The smallest absolute Gasteiger partial charge is 0.114 e. The minimum absolute atomic E-state index is 0.0243. The first-order chi connectivity index (χ1) is 11.3. The fourth-order valence-electron chi connectivity index (χ4n) is 5.34. The highest BCUT2D eigenvalue weighted by molar-refractivity contribution is 5.20. The van der Waals surface area contributed by atoms with Crippen molar-refractivity contribution in [3.8, 4) is 0 Å². The molecule has 0 radical (unpaired) electrons. The Morgan fingerprint density at radius 1 is 1.25 bits per heavy atom. The molecule has 0 aromatic carbocycles. The SMILES string of the molecule is C=C1CC[C@H](C(C)C)[C@@H]2[C@H]1[C@@H]1CC(=C)[C@@H](OO)CC[C@@](C)(O)[C@H]2O1. The fourth-order valence-corrected chi connectivity index (χ4v) is 5.34. The van der Waals surface area contributed by atoms with E-state index in [0.29, 0.717) is 37.0 Å². The topological polar surface area (TPSA) is 58.9 Å². The summed E-state index contributed by atoms with van der Waals surface area (Å²) in [6, 6.07) is 0. The van der Waals surface area contributed by atoms with Gasteiger partial charge in [0.1, 0.15) is 6.10 Å². The van der Waals surface area contributed by atoms with Gasteiger partial charge < -0.3 is 9.84 Å². The molecule has 2 bridgehead atoms. The van der Waals surface area contributed by atoms with E-state index in [4.69, 9.17) is 4.74 Å². The maximum Gasteiger partial charge on any atom is 0.114 e. The minimum atomic E-state index is -0.941. The monoisotopic (exact) mass is 336 g/mol. The van der Waals surface area contributed by atoms with Crippen molar-refractivity contribution >= 4 is 0 Å². The van der Waals surface area contributed by atoms with Gasteiger partial charge in [-0.1, -0.05) is 32.6 Å². The summed E-state index contributed by atoms with van der Waals surface area (Å²) in [6.07, 6.45) is 3.24. The van der Waals surface area contributed by atoms with Crippen LogP contribution in [0.5, 0.6) is 0 Å². The van der Waals surface area contributed by atoms with Crippen LogP contribution in [0.4, 0.5) is 0 Å². The Bertz CT molecular complexity index is 510. The van der Waals surface area contributed by atoms with Crippen LogP contribution in [0, 0.1) is 23.7 Å². The lowest BCUT2D eigenvalue weighted by atomic mass is 9.61. The number of aliphatic hydroxyl groups is 1. The molecule has 3 aliphatic rings. The van der Waals surface area contributed by atoms with Gasteiger partial charge in [0.15, 0.2) is 0 Å². The van der Waals surface area contributed by atoms with Crippen LogP contribution in [-0.2, 0) is 9.62 Å². The van der Waals surface area contributed by atoms with Crippen molar-refractivity contribution in [2.45, 2.75) is 76.8 Å². The van der Waals surface area contributed by atoms with E-state index < -0.39 is 11.7 Å². The predicted octanol–water partition coefficient (Wildman–Crippen LogP) is 3.96. The van der Waals surface area contributed by atoms with Crippen molar-refractivity contribution in [1.82, 2.24) is 0 Å². The Kier molecular flexibility index (Phi) is 4.95. The van der Waals surface area contributed by atoms with Gasteiger partial charge in [-0.05, 0) is 62.4 Å². The van der Waals surface area contributed by atoms with Crippen molar-refractivity contribution < 1.29 is 20.0 Å². The molecule has 1 aliphatic carbocycles. The van der Waals surface area contributed by atoms with Crippen LogP contribution < -0.4 is 0 Å². The molecule has 0 spiro atoms. The summed E-state index contributed by atoms with van der Waals surface area (Å²) in [5.41, 5.74) is 1.15. The van der Waals surface area contributed by atoms with E-state index in [9.17, 15) is 10.4 Å². The Morgan fingerprint density at radius 3 is 2.58 bits per heavy atom. The Hall–Kier alpha value is -0.680. The van der Waals surface area contributed by atoms with Crippen LogP contribution in [0.25, 0.3) is 0 Å². The fraction of sp³-hybridized carbons (Fsp3) is 0.800. The van der Waals surface area contributed by atoms with Gasteiger partial charge >= 0.3 is 0 Å². The molecule has 2 saturated heterocycles. The average molecular weight is 336 g/mol. The Balaban J connectivity index is 1.99. The zero-order chi connectivity index (χ0) is 17.6. The van der Waals surface area contributed by atoms with E-state index in [1.54, 1.807) is 0 Å². The van der Waals surface area contributed by atoms with Crippen LogP contribution in [0.3, 0.4) is 0 Å². The van der Waals surface area contributed by atoms with Gasteiger partial charge in [0.2, 0.25) is 0 Å². The molecule has 24 heavy (non-hydrogen) atoms. The minimum Gasteiger partial charge on any atom is -0.387 e. The first-order valence-electron chi connectivity index (χ1n) is 9.29. The maximum absolute atomic E-state index is 11.2. The summed E-state index contributed by atoms with van der Waals surface area (Å²) in [5, 5.41) is 20.4. The molecule has 0 aromatic rings. The largest absolute Gasteiger partial charge is 0.387 e. The highest BCUT2D eigenvalue weighted by atomic mass is 17.1. The van der Waals surface area contributed by atoms with Crippen LogP contribution >= 0.6 is 0 Å². The normalized spacial score (nSPS) is 46.4. The summed E-state index contributed by atoms with van der Waals surface area (Å²) < 4.78 is 6.45. The zero-order valence-electron chi connectivity index (χ0n) is 15.2. The van der Waals surface area contributed by atoms with Crippen molar-refractivity contribution in [3.63, 3.8) is 0 Å². The molecule has 3 fully saturated rings. The van der Waals surface area contributed by atoms with Gasteiger partial charge in [0.05, 0.1) is 17.8 Å². The van der Waals surface area contributed by atoms with Gasteiger partial charge in [0.25, 0.3) is 0 Å². The summed E-state index contributed by atoms with van der Waals surface area (Å²) in [7, 11) is 0. The third-order valence-corrected chi connectivity index (χ3v) is 6.68. The third kappa shape index (κ3) is 2.98. The molecular formula is C20H32O4. The van der Waals surface area contributed by atoms with Crippen LogP contribution in [0.15, 0.2) is 24.3 Å². The van der Waals surface area contributed by atoms with E-state index in [2.05, 4.69) is 31.9 Å². The summed E-state index contributed by atoms with van der Waals surface area (Å²) in [5.74, 6) is 1.67. The van der Waals surface area contributed by atoms with Crippen LogP contribution in [0.1, 0.15) is 52.9 Å². The molecule has 1 saturated carbocycles. The van der Waals surface area contributed by atoms with Crippen molar-refractivity contribution in [3.05, 3.63) is 24.3 Å². The number of rotatable bonds is 2. The second-order valence-electron chi connectivity index (χ2n) is 8.66. The van der Waals surface area contributed by atoms with Gasteiger partial charge in [-0.2, -0.15) is 0 Å². The second-order valence-corrected chi connectivity index (χ2v) is 8.66. The summed E-state index contributed by atoms with van der Waals surface area (Å²) in [4.78, 5) is 4.63. The van der Waals surface area contributed by atoms with Gasteiger partial charge in [-0.3, -0.25) is 5.26 Å². The predicted molar refractivity (Wildman–Crippen MR) is 93.5 cm³/mol. The van der Waals surface area contributed by atoms with Crippen molar-refractivity contribution in [2.24, 2.45) is 23.7 Å². The van der Waals surface area contributed by atoms with Gasteiger partial charge in [-0.25, -0.2) is 4.89 Å². The molecule has 3 rings (SSSR count). The highest BCUT2D eigenvalue weighted by Crippen LogP contribution is 2.54. The van der Waals surface area contributed by atoms with E-state index in [-0.39, 0.29) is 18.1 Å². The molecule has 0 aromatic heterocycles. The van der Waals surface area contributed by atoms with Gasteiger partial charge in [-0.15, -0.1) is 0 Å². The molecule has 2 aliphatic heterocycles. The standard InChI is InChI=1S/C20H32O4/c1-11(2)14-7-6-12(3)17-16-10-13(4)15(24-22)8-9-20(5,21)19(23-16)18(14)17/h11,14-19,21-22H,3-4,6-10H2,1-2,5H3/t14-,15+,16+,17-,18-,19+,20-/m1/s1. The number of fused-ring (bicyclic) bond motifs is 5. The molecule has 7 atom stereocenters. The number of hydrogen-bond donors (Lipinski definition) is 2. The second kappa shape index (κ2) is 6.56. The molecule has 2 N–H and O–H groups in total. The van der Waals surface area contributed by atoms with Crippen LogP contribution in [0.2, 0.25) is 0 Å². The molecule has 136 valence electrons. The zero-order valence-corrected chi connectivity index (χ0v) is 15.2. The quantitative estimate of drug-likeness (QED) is 0.455. The summed E-state index contributed by atoms with van der Waals surface area (Å²) in [6.45, 7) is 14.9. The third-order valence-electron chi connectivity index (χ3n) is 6.68. The summed E-state index contributed by atoms with van der Waals surface area (Å²) >= 11 is 0. The first-order valence-corrected chi connectivity index (χ1v) is 9.29. The average Bonchev–Trinajstić information content (AvgIpc) is 2.89. The van der Waals surface area contributed by atoms with E-state index in [1.165, 1.54) is 5.57 Å². The molecule has 0 unspecified atom stereocenters. The van der Waals surface area contributed by atoms with E-state index in [0.717, 1.165) is 18.4 Å². The van der Waals surface area contributed by atoms with E-state index in [1.807, 2.05) is 6.92 Å². The lowest BCUT2D eigenvalue weighted by molar-refractivity contribution is -0.271. The number of hydrogen-bond acceptors (Lipinski definition) is 4. The van der Waals surface area contributed by atoms with E-state index >= 15 is 0 Å². The highest BCUT2D eigenvalue weighted by Gasteiger charge is 2.57. The molecule has 0 amide bonds. The Morgan fingerprint density at radius 2 is 1.96 bits per heavy atom. The molecule has 4 nitrogen and oxygen atoms in total. The lowest BCUT2D eigenvalue weighted by Crippen LogP contribution is -2.48. The molecule has 4 heteroatoms.